The Morgan fingerprint density at radius 3 is 2.31 bits per heavy atom. The number of hydrogen-bond acceptors (Lipinski definition) is 6. The van der Waals surface area contributed by atoms with Gasteiger partial charge in [0.15, 0.2) is 0 Å². The standard InChI is InChI=1S/C22H27N3O6S/c1-4-30-22(27)24-19-7-5-6-17(12-19)21(26)23-18-8-10-20(11-9-18)32(28,29)25-13-15(2)31-16(3)14-25/h5-12,15-16H,4,13-14H2,1-3H3,(H,23,26)(H,24,27). The molecule has 1 aliphatic heterocycles. The quantitative estimate of drug-likeness (QED) is 0.682. The summed E-state index contributed by atoms with van der Waals surface area (Å²) in [5.41, 5.74) is 1.19. The second-order valence-corrected chi connectivity index (χ2v) is 9.42. The molecule has 2 aromatic carbocycles. The smallest absolute Gasteiger partial charge is 0.411 e. The Balaban J connectivity index is 1.68. The first-order chi connectivity index (χ1) is 15.2. The van der Waals surface area contributed by atoms with Crippen molar-refractivity contribution >= 4 is 33.4 Å². The summed E-state index contributed by atoms with van der Waals surface area (Å²) in [5.74, 6) is -0.399. The molecule has 1 fully saturated rings. The fourth-order valence-electron chi connectivity index (χ4n) is 3.41. The van der Waals surface area contributed by atoms with Crippen LogP contribution in [0.5, 0.6) is 0 Å². The minimum absolute atomic E-state index is 0.150. The molecule has 2 atom stereocenters. The van der Waals surface area contributed by atoms with Crippen molar-refractivity contribution in [3.05, 3.63) is 54.1 Å². The van der Waals surface area contributed by atoms with Gasteiger partial charge >= 0.3 is 6.09 Å². The third kappa shape index (κ3) is 5.84. The van der Waals surface area contributed by atoms with Crippen LogP contribution in [0, 0.1) is 0 Å². The molecule has 0 radical (unpaired) electrons. The summed E-state index contributed by atoms with van der Waals surface area (Å²) in [6.45, 7) is 6.20. The van der Waals surface area contributed by atoms with Crippen molar-refractivity contribution in [2.24, 2.45) is 0 Å². The zero-order chi connectivity index (χ0) is 23.3. The number of hydrogen-bond donors (Lipinski definition) is 2. The van der Waals surface area contributed by atoms with Crippen LogP contribution in [0.15, 0.2) is 53.4 Å². The summed E-state index contributed by atoms with van der Waals surface area (Å²) in [4.78, 5) is 24.3. The van der Waals surface area contributed by atoms with Gasteiger partial charge in [0.05, 0.1) is 23.7 Å². The molecular weight excluding hydrogens is 434 g/mol. The molecule has 2 unspecified atom stereocenters. The Labute approximate surface area is 187 Å². The van der Waals surface area contributed by atoms with E-state index in [1.807, 2.05) is 13.8 Å². The number of carbonyl (C=O) groups is 2. The average molecular weight is 462 g/mol. The first kappa shape index (κ1) is 23.7. The molecule has 0 saturated carbocycles. The van der Waals surface area contributed by atoms with Crippen LogP contribution in [-0.2, 0) is 19.5 Å². The molecule has 9 nitrogen and oxygen atoms in total. The van der Waals surface area contributed by atoms with Crippen molar-refractivity contribution in [1.29, 1.82) is 0 Å². The van der Waals surface area contributed by atoms with Crippen LogP contribution >= 0.6 is 0 Å². The molecule has 3 rings (SSSR count). The van der Waals surface area contributed by atoms with E-state index in [4.69, 9.17) is 9.47 Å². The van der Waals surface area contributed by atoms with Crippen LogP contribution in [0.25, 0.3) is 0 Å². The maximum Gasteiger partial charge on any atom is 0.411 e. The van der Waals surface area contributed by atoms with Gasteiger partial charge in [0, 0.05) is 30.0 Å². The fraction of sp³-hybridized carbons (Fsp3) is 0.364. The van der Waals surface area contributed by atoms with Gasteiger partial charge < -0.3 is 14.8 Å². The van der Waals surface area contributed by atoms with Crippen molar-refractivity contribution in [1.82, 2.24) is 4.31 Å². The maximum absolute atomic E-state index is 12.9. The van der Waals surface area contributed by atoms with Gasteiger partial charge in [0.2, 0.25) is 10.0 Å². The molecule has 0 bridgehead atoms. The second kappa shape index (κ2) is 10.1. The number of anilines is 2. The van der Waals surface area contributed by atoms with Crippen LogP contribution in [0.3, 0.4) is 0 Å². The SMILES string of the molecule is CCOC(=O)Nc1cccc(C(=O)Nc2ccc(S(=O)(=O)N3CC(C)OC(C)C3)cc2)c1. The number of sulfonamides is 1. The second-order valence-electron chi connectivity index (χ2n) is 7.48. The normalized spacial score (nSPS) is 19.2. The summed E-state index contributed by atoms with van der Waals surface area (Å²) in [5, 5.41) is 5.27. The Kier molecular flexibility index (Phi) is 7.49. The van der Waals surface area contributed by atoms with Crippen molar-refractivity contribution in [2.45, 2.75) is 37.9 Å². The van der Waals surface area contributed by atoms with Crippen LogP contribution in [0.1, 0.15) is 31.1 Å². The summed E-state index contributed by atoms with van der Waals surface area (Å²) < 4.78 is 37.7. The number of ether oxygens (including phenoxy) is 2. The Hall–Kier alpha value is -2.95. The van der Waals surface area contributed by atoms with E-state index in [-0.39, 0.29) is 23.7 Å². The summed E-state index contributed by atoms with van der Waals surface area (Å²) >= 11 is 0. The molecule has 32 heavy (non-hydrogen) atoms. The molecule has 0 aromatic heterocycles. The van der Waals surface area contributed by atoms with Crippen LogP contribution in [0.2, 0.25) is 0 Å². The molecule has 0 spiro atoms. The van der Waals surface area contributed by atoms with E-state index in [1.54, 1.807) is 37.3 Å². The fourth-order valence-corrected chi connectivity index (χ4v) is 5.00. The van der Waals surface area contributed by atoms with E-state index in [9.17, 15) is 18.0 Å². The van der Waals surface area contributed by atoms with Gasteiger partial charge in [-0.05, 0) is 63.2 Å². The predicted molar refractivity (Wildman–Crippen MR) is 120 cm³/mol. The zero-order valence-corrected chi connectivity index (χ0v) is 19.0. The third-order valence-corrected chi connectivity index (χ3v) is 6.63. The van der Waals surface area contributed by atoms with E-state index in [0.29, 0.717) is 30.0 Å². The number of nitrogens with zero attached hydrogens (tertiary/aromatic N) is 1. The summed E-state index contributed by atoms with van der Waals surface area (Å²) in [6, 6.07) is 12.4. The van der Waals surface area contributed by atoms with E-state index >= 15 is 0 Å². The van der Waals surface area contributed by atoms with Gasteiger partial charge in [-0.2, -0.15) is 4.31 Å². The average Bonchev–Trinajstić information content (AvgIpc) is 2.74. The van der Waals surface area contributed by atoms with E-state index < -0.39 is 22.0 Å². The number of morpholine rings is 1. The van der Waals surface area contributed by atoms with Crippen LogP contribution in [0.4, 0.5) is 16.2 Å². The molecule has 0 aliphatic carbocycles. The molecule has 172 valence electrons. The highest BCUT2D eigenvalue weighted by molar-refractivity contribution is 7.89. The van der Waals surface area contributed by atoms with Crippen molar-refractivity contribution in [3.63, 3.8) is 0 Å². The summed E-state index contributed by atoms with van der Waals surface area (Å²) in [6.07, 6.45) is -0.965. The lowest BCUT2D eigenvalue weighted by Crippen LogP contribution is -2.48. The minimum atomic E-state index is -3.66. The van der Waals surface area contributed by atoms with Gasteiger partial charge in [-0.3, -0.25) is 10.1 Å². The van der Waals surface area contributed by atoms with Crippen molar-refractivity contribution in [2.75, 3.05) is 30.3 Å². The highest BCUT2D eigenvalue weighted by atomic mass is 32.2. The Morgan fingerprint density at radius 1 is 1.03 bits per heavy atom. The van der Waals surface area contributed by atoms with Gasteiger partial charge in [-0.1, -0.05) is 6.07 Å². The molecule has 1 heterocycles. The summed E-state index contributed by atoms with van der Waals surface area (Å²) in [7, 11) is -3.66. The van der Waals surface area contributed by atoms with Gasteiger partial charge in [-0.15, -0.1) is 0 Å². The largest absolute Gasteiger partial charge is 0.450 e. The first-order valence-corrected chi connectivity index (χ1v) is 11.7. The molecule has 2 aromatic rings. The molecule has 1 aliphatic rings. The van der Waals surface area contributed by atoms with Crippen molar-refractivity contribution in [3.8, 4) is 0 Å². The number of nitrogens with one attached hydrogen (secondary N) is 2. The van der Waals surface area contributed by atoms with E-state index in [2.05, 4.69) is 10.6 Å². The molecular formula is C22H27N3O6S. The topological polar surface area (TPSA) is 114 Å². The molecule has 2 amide bonds. The highest BCUT2D eigenvalue weighted by Crippen LogP contribution is 2.23. The lowest BCUT2D eigenvalue weighted by molar-refractivity contribution is -0.0440. The molecule has 10 heteroatoms. The van der Waals surface area contributed by atoms with Gasteiger partial charge in [0.1, 0.15) is 0 Å². The van der Waals surface area contributed by atoms with Crippen LogP contribution < -0.4 is 10.6 Å². The monoisotopic (exact) mass is 461 g/mol. The zero-order valence-electron chi connectivity index (χ0n) is 18.2. The van der Waals surface area contributed by atoms with Crippen molar-refractivity contribution < 1.29 is 27.5 Å². The third-order valence-electron chi connectivity index (χ3n) is 4.78. The number of rotatable bonds is 6. The maximum atomic E-state index is 12.9. The lowest BCUT2D eigenvalue weighted by Gasteiger charge is -2.34. The minimum Gasteiger partial charge on any atom is -0.450 e. The predicted octanol–water partition coefficient (Wildman–Crippen LogP) is 3.31. The number of amides is 2. The van der Waals surface area contributed by atoms with Gasteiger partial charge in [0.25, 0.3) is 5.91 Å². The first-order valence-electron chi connectivity index (χ1n) is 10.3. The van der Waals surface area contributed by atoms with Gasteiger partial charge in [-0.25, -0.2) is 13.2 Å². The lowest BCUT2D eigenvalue weighted by atomic mass is 10.2. The van der Waals surface area contributed by atoms with Crippen LogP contribution in [-0.4, -0.2) is 56.6 Å². The molecule has 1 saturated heterocycles. The van der Waals surface area contributed by atoms with E-state index in [1.165, 1.54) is 22.5 Å². The number of benzene rings is 2. The number of carbonyl (C=O) groups excluding carboxylic acids is 2. The Morgan fingerprint density at radius 2 is 1.69 bits per heavy atom. The van der Waals surface area contributed by atoms with E-state index in [0.717, 1.165) is 0 Å². The molecule has 2 N–H and O–H groups in total. The Bertz CT molecular complexity index is 1060. The highest BCUT2D eigenvalue weighted by Gasteiger charge is 2.32.